The number of hydrogen-bond acceptors (Lipinski definition) is 7. The van der Waals surface area contributed by atoms with Crippen molar-refractivity contribution in [2.75, 3.05) is 11.9 Å². The minimum Gasteiger partial charge on any atom is -0.444 e. The molecule has 2 aromatic rings. The Labute approximate surface area is 183 Å². The van der Waals surface area contributed by atoms with Gasteiger partial charge in [-0.15, -0.1) is 0 Å². The molecule has 9 heteroatoms. The van der Waals surface area contributed by atoms with Gasteiger partial charge >= 0.3 is 6.09 Å². The van der Waals surface area contributed by atoms with E-state index in [1.165, 1.54) is 0 Å². The number of nitrogens with zero attached hydrogens (tertiary/aromatic N) is 3. The maximum Gasteiger partial charge on any atom is 0.410 e. The van der Waals surface area contributed by atoms with Crippen molar-refractivity contribution < 1.29 is 17.9 Å². The van der Waals surface area contributed by atoms with Crippen LogP contribution in [0.3, 0.4) is 0 Å². The fourth-order valence-corrected chi connectivity index (χ4v) is 5.21. The summed E-state index contributed by atoms with van der Waals surface area (Å²) in [6.07, 6.45) is 5.36. The van der Waals surface area contributed by atoms with Gasteiger partial charge in [-0.25, -0.2) is 23.2 Å². The maximum absolute atomic E-state index is 12.4. The SMILES string of the molecule is CC(C)(C)OC(=O)N1CCc2cnc(Nc3ccc(CS(=O)(=O)C4CC4)cn3)cc2C1. The molecule has 3 heterocycles. The number of carbonyl (C=O) groups is 1. The van der Waals surface area contributed by atoms with Gasteiger partial charge in [-0.1, -0.05) is 6.07 Å². The lowest BCUT2D eigenvalue weighted by atomic mass is 10.0. The second-order valence-corrected chi connectivity index (χ2v) is 11.5. The van der Waals surface area contributed by atoms with Crippen LogP contribution in [-0.4, -0.2) is 46.8 Å². The van der Waals surface area contributed by atoms with Crippen LogP contribution in [0, 0.1) is 0 Å². The molecule has 1 aliphatic heterocycles. The van der Waals surface area contributed by atoms with E-state index in [4.69, 9.17) is 4.74 Å². The molecule has 1 saturated carbocycles. The number of carbonyl (C=O) groups excluding carboxylic acids is 1. The summed E-state index contributed by atoms with van der Waals surface area (Å²) in [5, 5.41) is 2.98. The zero-order valence-corrected chi connectivity index (χ0v) is 18.9. The second-order valence-electron chi connectivity index (χ2n) is 9.17. The number of fused-ring (bicyclic) bond motifs is 1. The van der Waals surface area contributed by atoms with E-state index < -0.39 is 15.4 Å². The van der Waals surface area contributed by atoms with Crippen molar-refractivity contribution in [2.24, 2.45) is 0 Å². The van der Waals surface area contributed by atoms with Crippen molar-refractivity contribution in [1.29, 1.82) is 0 Å². The van der Waals surface area contributed by atoms with Gasteiger partial charge in [-0.05, 0) is 68.9 Å². The first kappa shape index (κ1) is 21.5. The fraction of sp³-hybridized carbons (Fsp3) is 0.500. The van der Waals surface area contributed by atoms with Gasteiger partial charge in [0.25, 0.3) is 0 Å². The quantitative estimate of drug-likeness (QED) is 0.752. The molecule has 2 aromatic heterocycles. The normalized spacial score (nSPS) is 16.5. The van der Waals surface area contributed by atoms with Crippen molar-refractivity contribution in [3.05, 3.63) is 47.3 Å². The highest BCUT2D eigenvalue weighted by atomic mass is 32.2. The molecule has 0 bridgehead atoms. The van der Waals surface area contributed by atoms with Crippen LogP contribution in [0.2, 0.25) is 0 Å². The molecule has 166 valence electrons. The number of nitrogens with one attached hydrogen (secondary N) is 1. The van der Waals surface area contributed by atoms with Gasteiger partial charge in [0.2, 0.25) is 0 Å². The average Bonchev–Trinajstić information content (AvgIpc) is 3.53. The zero-order chi connectivity index (χ0) is 22.2. The Hall–Kier alpha value is -2.68. The zero-order valence-electron chi connectivity index (χ0n) is 18.1. The predicted molar refractivity (Wildman–Crippen MR) is 118 cm³/mol. The summed E-state index contributed by atoms with van der Waals surface area (Å²) in [7, 11) is -3.06. The van der Waals surface area contributed by atoms with Crippen molar-refractivity contribution in [1.82, 2.24) is 14.9 Å². The van der Waals surface area contributed by atoms with Gasteiger partial charge in [0.15, 0.2) is 9.84 Å². The van der Waals surface area contributed by atoms with E-state index in [0.717, 1.165) is 30.4 Å². The average molecular weight is 445 g/mol. The molecule has 4 rings (SSSR count). The van der Waals surface area contributed by atoms with Gasteiger partial charge in [-0.2, -0.15) is 0 Å². The van der Waals surface area contributed by atoms with Crippen LogP contribution in [-0.2, 0) is 33.3 Å². The Kier molecular flexibility index (Phi) is 5.63. The van der Waals surface area contributed by atoms with Crippen LogP contribution in [0.25, 0.3) is 0 Å². The number of pyridine rings is 2. The highest BCUT2D eigenvalue weighted by Gasteiger charge is 2.35. The monoisotopic (exact) mass is 444 g/mol. The molecule has 2 aliphatic rings. The van der Waals surface area contributed by atoms with E-state index >= 15 is 0 Å². The summed E-state index contributed by atoms with van der Waals surface area (Å²) >= 11 is 0. The second kappa shape index (κ2) is 8.11. The molecular weight excluding hydrogens is 416 g/mol. The van der Waals surface area contributed by atoms with E-state index in [0.29, 0.717) is 30.3 Å². The summed E-state index contributed by atoms with van der Waals surface area (Å²) in [4.78, 5) is 22.9. The number of ether oxygens (including phenoxy) is 1. The first-order chi connectivity index (χ1) is 14.6. The van der Waals surface area contributed by atoms with Crippen molar-refractivity contribution in [2.45, 2.75) is 63.2 Å². The van der Waals surface area contributed by atoms with Crippen molar-refractivity contribution in [3.8, 4) is 0 Å². The summed E-state index contributed by atoms with van der Waals surface area (Å²) < 4.78 is 29.8. The van der Waals surface area contributed by atoms with Crippen LogP contribution in [0.1, 0.15) is 50.3 Å². The van der Waals surface area contributed by atoms with Crippen molar-refractivity contribution in [3.63, 3.8) is 0 Å². The number of hydrogen-bond donors (Lipinski definition) is 1. The van der Waals surface area contributed by atoms with Gasteiger partial charge < -0.3 is 15.0 Å². The van der Waals surface area contributed by atoms with E-state index in [1.807, 2.05) is 33.0 Å². The first-order valence-electron chi connectivity index (χ1n) is 10.5. The molecule has 0 radical (unpaired) electrons. The Morgan fingerprint density at radius 1 is 1.16 bits per heavy atom. The van der Waals surface area contributed by atoms with E-state index in [2.05, 4.69) is 15.3 Å². The molecule has 0 aromatic carbocycles. The van der Waals surface area contributed by atoms with Crippen LogP contribution >= 0.6 is 0 Å². The number of anilines is 2. The third-order valence-corrected chi connectivity index (χ3v) is 7.45. The highest BCUT2D eigenvalue weighted by Crippen LogP contribution is 2.31. The molecular formula is C22H28N4O4S. The van der Waals surface area contributed by atoms with Gasteiger partial charge in [0.05, 0.1) is 11.0 Å². The molecule has 8 nitrogen and oxygen atoms in total. The van der Waals surface area contributed by atoms with E-state index in [9.17, 15) is 13.2 Å². The minimum absolute atomic E-state index is 0.0303. The molecule has 1 fully saturated rings. The highest BCUT2D eigenvalue weighted by molar-refractivity contribution is 7.91. The van der Waals surface area contributed by atoms with Crippen molar-refractivity contribution >= 4 is 27.6 Å². The topological polar surface area (TPSA) is 101 Å². The lowest BCUT2D eigenvalue weighted by molar-refractivity contribution is 0.0224. The largest absolute Gasteiger partial charge is 0.444 e. The molecule has 0 atom stereocenters. The number of rotatable bonds is 5. The van der Waals surface area contributed by atoms with Gasteiger partial charge in [-0.3, -0.25) is 0 Å². The van der Waals surface area contributed by atoms with E-state index in [-0.39, 0.29) is 17.1 Å². The molecule has 0 unspecified atom stereocenters. The number of aromatic nitrogens is 2. The minimum atomic E-state index is -3.06. The number of amides is 1. The maximum atomic E-state index is 12.4. The van der Waals surface area contributed by atoms with Crippen LogP contribution in [0.4, 0.5) is 16.4 Å². The van der Waals surface area contributed by atoms with Crippen LogP contribution in [0.5, 0.6) is 0 Å². The fourth-order valence-electron chi connectivity index (χ4n) is 3.48. The summed E-state index contributed by atoms with van der Waals surface area (Å²) in [6, 6.07) is 5.45. The van der Waals surface area contributed by atoms with Gasteiger partial charge in [0.1, 0.15) is 17.2 Å². The molecule has 1 N–H and O–H groups in total. The smallest absolute Gasteiger partial charge is 0.410 e. The Bertz CT molecular complexity index is 1070. The lowest BCUT2D eigenvalue weighted by Crippen LogP contribution is -2.39. The molecule has 1 amide bonds. The van der Waals surface area contributed by atoms with Crippen LogP contribution in [0.15, 0.2) is 30.6 Å². The Morgan fingerprint density at radius 2 is 1.90 bits per heavy atom. The van der Waals surface area contributed by atoms with Gasteiger partial charge in [0, 0.05) is 25.5 Å². The standard InChI is InChI=1S/C22H28N4O4S/c1-22(2,3)30-21(27)26-9-8-16-12-24-20(10-17(16)13-26)25-19-7-4-15(11-23-19)14-31(28,29)18-5-6-18/h4,7,10-12,18H,5-6,8-9,13-14H2,1-3H3,(H,23,24,25). The Morgan fingerprint density at radius 3 is 2.55 bits per heavy atom. The molecule has 0 spiro atoms. The first-order valence-corrected chi connectivity index (χ1v) is 12.2. The predicted octanol–water partition coefficient (Wildman–Crippen LogP) is 3.59. The summed E-state index contributed by atoms with van der Waals surface area (Å²) in [6.45, 7) is 6.63. The molecule has 31 heavy (non-hydrogen) atoms. The third kappa shape index (κ3) is 5.52. The third-order valence-electron chi connectivity index (χ3n) is 5.23. The summed E-state index contributed by atoms with van der Waals surface area (Å²) in [5.41, 5.74) is 2.28. The number of sulfone groups is 1. The Balaban J connectivity index is 1.41. The van der Waals surface area contributed by atoms with E-state index in [1.54, 1.807) is 23.2 Å². The van der Waals surface area contributed by atoms with Crippen LogP contribution < -0.4 is 5.32 Å². The molecule has 0 saturated heterocycles. The summed E-state index contributed by atoms with van der Waals surface area (Å²) in [5.74, 6) is 1.23. The lowest BCUT2D eigenvalue weighted by Gasteiger charge is -2.31. The molecule has 1 aliphatic carbocycles.